The maximum absolute atomic E-state index is 12.7. The van der Waals surface area contributed by atoms with Crippen LogP contribution in [0.5, 0.6) is 0 Å². The summed E-state index contributed by atoms with van der Waals surface area (Å²) in [4.78, 5) is 4.22. The van der Waals surface area contributed by atoms with Crippen LogP contribution in [0.3, 0.4) is 0 Å². The van der Waals surface area contributed by atoms with E-state index < -0.39 is 12.3 Å². The average Bonchev–Trinajstić information content (AvgIpc) is 2.46. The highest BCUT2D eigenvalue weighted by Crippen LogP contribution is 2.39. The molecule has 0 saturated carbocycles. The first-order valence-electron chi connectivity index (χ1n) is 6.85. The van der Waals surface area contributed by atoms with E-state index in [4.69, 9.17) is 11.6 Å². The second-order valence-electron chi connectivity index (χ2n) is 5.05. The van der Waals surface area contributed by atoms with Crippen molar-refractivity contribution in [3.8, 4) is 0 Å². The Balaban J connectivity index is 2.23. The molecule has 0 aliphatic carbocycles. The maximum atomic E-state index is 12.7. The molecule has 1 aromatic carbocycles. The van der Waals surface area contributed by atoms with Gasteiger partial charge in [-0.1, -0.05) is 30.7 Å². The van der Waals surface area contributed by atoms with Gasteiger partial charge in [0.15, 0.2) is 6.10 Å². The van der Waals surface area contributed by atoms with E-state index in [9.17, 15) is 18.3 Å². The SMILES string of the molecule is CCN1CCN(c2cccc(C(O)C(F)(F)F)c2Cl)CC1. The topological polar surface area (TPSA) is 26.7 Å². The molecule has 1 heterocycles. The second-order valence-corrected chi connectivity index (χ2v) is 5.42. The first kappa shape index (κ1) is 16.4. The quantitative estimate of drug-likeness (QED) is 0.926. The number of nitrogens with zero attached hydrogens (tertiary/aromatic N) is 2. The van der Waals surface area contributed by atoms with Gasteiger partial charge in [0.1, 0.15) is 0 Å². The molecule has 1 aromatic rings. The van der Waals surface area contributed by atoms with Crippen LogP contribution in [0.2, 0.25) is 5.02 Å². The summed E-state index contributed by atoms with van der Waals surface area (Å²) >= 11 is 6.10. The molecule has 1 fully saturated rings. The van der Waals surface area contributed by atoms with Gasteiger partial charge < -0.3 is 14.9 Å². The van der Waals surface area contributed by atoms with Gasteiger partial charge >= 0.3 is 6.18 Å². The summed E-state index contributed by atoms with van der Waals surface area (Å²) in [6.07, 6.45) is -7.27. The zero-order valence-corrected chi connectivity index (χ0v) is 12.5. The van der Waals surface area contributed by atoms with Crippen molar-refractivity contribution in [2.75, 3.05) is 37.6 Å². The third-order valence-electron chi connectivity index (χ3n) is 3.77. The standard InChI is InChI=1S/C14H18ClF3N2O/c1-2-19-6-8-20(9-7-19)11-5-3-4-10(12(11)15)13(21)14(16,17)18/h3-5,13,21H,2,6-9H2,1H3. The lowest BCUT2D eigenvalue weighted by Gasteiger charge is -2.36. The zero-order valence-electron chi connectivity index (χ0n) is 11.7. The lowest BCUT2D eigenvalue weighted by Crippen LogP contribution is -2.46. The predicted octanol–water partition coefficient (Wildman–Crippen LogP) is 3.08. The Hall–Kier alpha value is -0.980. The summed E-state index contributed by atoms with van der Waals surface area (Å²) in [5, 5.41) is 9.38. The van der Waals surface area contributed by atoms with E-state index in [1.165, 1.54) is 12.1 Å². The van der Waals surface area contributed by atoms with E-state index in [2.05, 4.69) is 11.8 Å². The third kappa shape index (κ3) is 3.62. The van der Waals surface area contributed by atoms with Crippen LogP contribution in [0.25, 0.3) is 0 Å². The number of aliphatic hydroxyl groups excluding tert-OH is 1. The van der Waals surface area contributed by atoms with Gasteiger partial charge in [0.05, 0.1) is 10.7 Å². The molecule has 0 amide bonds. The van der Waals surface area contributed by atoms with Crippen molar-refractivity contribution in [3.63, 3.8) is 0 Å². The summed E-state index contributed by atoms with van der Waals surface area (Å²) in [5.74, 6) is 0. The Kier molecular flexibility index (Phi) is 5.01. The number of alkyl halides is 3. The van der Waals surface area contributed by atoms with Crippen LogP contribution in [0.1, 0.15) is 18.6 Å². The van der Waals surface area contributed by atoms with E-state index in [0.29, 0.717) is 18.8 Å². The fourth-order valence-corrected chi connectivity index (χ4v) is 2.82. The molecule has 1 saturated heterocycles. The van der Waals surface area contributed by atoms with Crippen molar-refractivity contribution in [1.29, 1.82) is 0 Å². The minimum atomic E-state index is -4.72. The number of aliphatic hydroxyl groups is 1. The third-order valence-corrected chi connectivity index (χ3v) is 4.18. The van der Waals surface area contributed by atoms with Crippen LogP contribution in [0, 0.1) is 0 Å². The second kappa shape index (κ2) is 6.42. The summed E-state index contributed by atoms with van der Waals surface area (Å²) in [6.45, 7) is 6.13. The molecule has 0 aromatic heterocycles. The highest BCUT2D eigenvalue weighted by molar-refractivity contribution is 6.34. The average molecular weight is 323 g/mol. The van der Waals surface area contributed by atoms with Crippen LogP contribution in [-0.4, -0.2) is 48.9 Å². The van der Waals surface area contributed by atoms with Gasteiger partial charge in [0.2, 0.25) is 0 Å². The van der Waals surface area contributed by atoms with Crippen LogP contribution < -0.4 is 4.90 Å². The first-order valence-corrected chi connectivity index (χ1v) is 7.23. The van der Waals surface area contributed by atoms with Crippen molar-refractivity contribution in [2.45, 2.75) is 19.2 Å². The molecule has 0 spiro atoms. The van der Waals surface area contributed by atoms with E-state index in [-0.39, 0.29) is 10.6 Å². The molecule has 118 valence electrons. The van der Waals surface area contributed by atoms with Crippen molar-refractivity contribution in [3.05, 3.63) is 28.8 Å². The Labute approximate surface area is 126 Å². The van der Waals surface area contributed by atoms with Crippen LogP contribution in [0.15, 0.2) is 18.2 Å². The van der Waals surface area contributed by atoms with Crippen molar-refractivity contribution in [2.24, 2.45) is 0 Å². The smallest absolute Gasteiger partial charge is 0.379 e. The monoisotopic (exact) mass is 322 g/mol. The van der Waals surface area contributed by atoms with Gasteiger partial charge in [-0.25, -0.2) is 0 Å². The molecular formula is C14H18ClF3N2O. The first-order chi connectivity index (χ1) is 9.84. The largest absolute Gasteiger partial charge is 0.418 e. The van der Waals surface area contributed by atoms with Crippen LogP contribution in [-0.2, 0) is 0 Å². The minimum Gasteiger partial charge on any atom is -0.379 e. The van der Waals surface area contributed by atoms with Gasteiger partial charge in [0, 0.05) is 31.7 Å². The lowest BCUT2D eigenvalue weighted by molar-refractivity contribution is -0.206. The number of hydrogen-bond donors (Lipinski definition) is 1. The molecule has 3 nitrogen and oxygen atoms in total. The number of piperazine rings is 1. The van der Waals surface area contributed by atoms with Crippen LogP contribution >= 0.6 is 11.6 Å². The normalized spacial score (nSPS) is 18.9. The number of rotatable bonds is 3. The number of hydrogen-bond acceptors (Lipinski definition) is 3. The predicted molar refractivity (Wildman–Crippen MR) is 76.8 cm³/mol. The molecule has 1 N–H and O–H groups in total. The van der Waals surface area contributed by atoms with Gasteiger partial charge in [-0.15, -0.1) is 0 Å². The number of halogens is 4. The van der Waals surface area contributed by atoms with Gasteiger partial charge in [-0.2, -0.15) is 13.2 Å². The molecule has 1 atom stereocenters. The summed E-state index contributed by atoms with van der Waals surface area (Å²) in [5.41, 5.74) is 0.257. The summed E-state index contributed by atoms with van der Waals surface area (Å²) in [6, 6.07) is 4.40. The van der Waals surface area contributed by atoms with Crippen molar-refractivity contribution < 1.29 is 18.3 Å². The molecule has 0 bridgehead atoms. The molecule has 2 rings (SSSR count). The molecular weight excluding hydrogens is 305 g/mol. The van der Waals surface area contributed by atoms with Crippen molar-refractivity contribution >= 4 is 17.3 Å². The van der Waals surface area contributed by atoms with Crippen molar-refractivity contribution in [1.82, 2.24) is 4.90 Å². The fourth-order valence-electron chi connectivity index (χ4n) is 2.47. The molecule has 0 radical (unpaired) electrons. The van der Waals surface area contributed by atoms with Gasteiger partial charge in [-0.3, -0.25) is 0 Å². The Morgan fingerprint density at radius 2 is 1.86 bits per heavy atom. The number of likely N-dealkylation sites (N-methyl/N-ethyl adjacent to an activating group) is 1. The Morgan fingerprint density at radius 3 is 2.38 bits per heavy atom. The Bertz CT molecular complexity index is 488. The van der Waals surface area contributed by atoms with E-state index in [1.807, 2.05) is 4.90 Å². The van der Waals surface area contributed by atoms with E-state index in [1.54, 1.807) is 6.07 Å². The molecule has 1 aliphatic heterocycles. The molecule has 1 unspecified atom stereocenters. The summed E-state index contributed by atoms with van der Waals surface area (Å²) in [7, 11) is 0. The highest BCUT2D eigenvalue weighted by atomic mass is 35.5. The lowest BCUT2D eigenvalue weighted by atomic mass is 10.1. The number of anilines is 1. The maximum Gasteiger partial charge on any atom is 0.418 e. The zero-order chi connectivity index (χ0) is 15.6. The highest BCUT2D eigenvalue weighted by Gasteiger charge is 2.41. The minimum absolute atomic E-state index is 0.0210. The van der Waals surface area contributed by atoms with E-state index >= 15 is 0 Å². The van der Waals surface area contributed by atoms with Gasteiger partial charge in [0.25, 0.3) is 0 Å². The van der Waals surface area contributed by atoms with E-state index in [0.717, 1.165) is 19.6 Å². The Morgan fingerprint density at radius 1 is 1.24 bits per heavy atom. The fraction of sp³-hybridized carbons (Fsp3) is 0.571. The molecule has 1 aliphatic rings. The van der Waals surface area contributed by atoms with Gasteiger partial charge in [-0.05, 0) is 12.6 Å². The molecule has 21 heavy (non-hydrogen) atoms. The number of benzene rings is 1. The van der Waals surface area contributed by atoms with Crippen LogP contribution in [0.4, 0.5) is 18.9 Å². The summed E-state index contributed by atoms with van der Waals surface area (Å²) < 4.78 is 38.0. The molecule has 7 heteroatoms.